The number of hydrogen-bond donors (Lipinski definition) is 1. The second-order valence-electron chi connectivity index (χ2n) is 5.55. The monoisotopic (exact) mass is 322 g/mol. The van der Waals surface area contributed by atoms with Gasteiger partial charge in [0.05, 0.1) is 4.90 Å². The van der Waals surface area contributed by atoms with Gasteiger partial charge in [-0.1, -0.05) is 26.0 Å². The minimum absolute atomic E-state index is 0.0789. The molecule has 1 atom stereocenters. The highest BCUT2D eigenvalue weighted by Gasteiger charge is 2.69. The van der Waals surface area contributed by atoms with Gasteiger partial charge in [0, 0.05) is 11.3 Å². The Morgan fingerprint density at radius 2 is 1.68 bits per heavy atom. The molecule has 1 unspecified atom stereocenters. The average molecular weight is 323 g/mol. The van der Waals surface area contributed by atoms with Crippen LogP contribution in [0, 0.1) is 11.3 Å². The number of aryl methyl sites for hydroxylation is 1. The molecule has 1 fully saturated rings. The molecule has 0 heterocycles. The van der Waals surface area contributed by atoms with Crippen molar-refractivity contribution in [2.75, 3.05) is 0 Å². The van der Waals surface area contributed by atoms with E-state index in [4.69, 9.17) is 27.8 Å². The van der Waals surface area contributed by atoms with Gasteiger partial charge >= 0.3 is 0 Å². The molecule has 1 saturated carbocycles. The van der Waals surface area contributed by atoms with E-state index in [0.29, 0.717) is 0 Å². The van der Waals surface area contributed by atoms with Crippen molar-refractivity contribution in [3.8, 4) is 0 Å². The zero-order valence-corrected chi connectivity index (χ0v) is 13.1. The van der Waals surface area contributed by atoms with E-state index in [1.54, 1.807) is 12.1 Å². The minimum Gasteiger partial charge on any atom is -0.282 e. The van der Waals surface area contributed by atoms with Gasteiger partial charge in [-0.2, -0.15) is 8.42 Å². The van der Waals surface area contributed by atoms with E-state index in [2.05, 4.69) is 0 Å². The van der Waals surface area contributed by atoms with Gasteiger partial charge in [-0.3, -0.25) is 4.55 Å². The smallest absolute Gasteiger partial charge is 0.282 e. The molecule has 1 aromatic carbocycles. The summed E-state index contributed by atoms with van der Waals surface area (Å²) in [4.78, 5) is -0.0907. The Morgan fingerprint density at radius 1 is 1.21 bits per heavy atom. The lowest BCUT2D eigenvalue weighted by molar-refractivity contribution is 0.483. The second-order valence-corrected chi connectivity index (χ2v) is 8.36. The lowest BCUT2D eigenvalue weighted by Gasteiger charge is -2.03. The SMILES string of the molecule is CC1(C)C(CCc2ccc(S(=O)(=O)O)cc2)C1(Cl)Cl. The van der Waals surface area contributed by atoms with Crippen LogP contribution in [-0.2, 0) is 16.5 Å². The summed E-state index contributed by atoms with van der Waals surface area (Å²) in [7, 11) is -4.12. The largest absolute Gasteiger partial charge is 0.294 e. The third kappa shape index (κ3) is 2.77. The van der Waals surface area contributed by atoms with Gasteiger partial charge in [0.15, 0.2) is 0 Å². The molecular formula is C13H16Cl2O3S. The summed E-state index contributed by atoms with van der Waals surface area (Å²) in [5.41, 5.74) is 0.920. The molecule has 3 nitrogen and oxygen atoms in total. The Kier molecular flexibility index (Phi) is 3.67. The van der Waals surface area contributed by atoms with Crippen LogP contribution < -0.4 is 0 Å². The quantitative estimate of drug-likeness (QED) is 0.679. The first-order valence-corrected chi connectivity index (χ1v) is 8.20. The Bertz CT molecular complexity index is 562. The predicted octanol–water partition coefficient (Wildman–Crippen LogP) is 3.70. The molecular weight excluding hydrogens is 307 g/mol. The summed E-state index contributed by atoms with van der Waals surface area (Å²) in [6.45, 7) is 4.08. The van der Waals surface area contributed by atoms with E-state index in [1.807, 2.05) is 13.8 Å². The molecule has 0 saturated heterocycles. The van der Waals surface area contributed by atoms with Crippen LogP contribution in [0.5, 0.6) is 0 Å². The van der Waals surface area contributed by atoms with Crippen molar-refractivity contribution >= 4 is 33.3 Å². The summed E-state index contributed by atoms with van der Waals surface area (Å²) >= 11 is 12.4. The molecule has 1 N–H and O–H groups in total. The zero-order valence-electron chi connectivity index (χ0n) is 10.7. The lowest BCUT2D eigenvalue weighted by atomic mass is 10.0. The zero-order chi connectivity index (χ0) is 14.5. The Morgan fingerprint density at radius 3 is 2.05 bits per heavy atom. The van der Waals surface area contributed by atoms with Crippen LogP contribution in [0.1, 0.15) is 25.8 Å². The molecule has 1 aliphatic rings. The van der Waals surface area contributed by atoms with Crippen molar-refractivity contribution in [2.45, 2.75) is 35.9 Å². The fraction of sp³-hybridized carbons (Fsp3) is 0.538. The summed E-state index contributed by atoms with van der Waals surface area (Å²) in [6, 6.07) is 6.19. The molecule has 0 bridgehead atoms. The molecule has 6 heteroatoms. The number of halogens is 2. The van der Waals surface area contributed by atoms with Gasteiger partial charge in [-0.15, -0.1) is 23.2 Å². The second kappa shape index (κ2) is 4.62. The molecule has 1 aliphatic carbocycles. The summed E-state index contributed by atoms with van der Waals surface area (Å²) in [5, 5.41) is 0. The van der Waals surface area contributed by atoms with Crippen molar-refractivity contribution in [3.05, 3.63) is 29.8 Å². The summed E-state index contributed by atoms with van der Waals surface area (Å²) < 4.78 is 30.0. The third-order valence-corrected chi connectivity index (χ3v) is 6.40. The van der Waals surface area contributed by atoms with Crippen LogP contribution in [0.25, 0.3) is 0 Å². The van der Waals surface area contributed by atoms with Crippen molar-refractivity contribution in [2.24, 2.45) is 11.3 Å². The normalized spacial score (nSPS) is 24.2. The number of hydrogen-bond acceptors (Lipinski definition) is 2. The van der Waals surface area contributed by atoms with E-state index in [9.17, 15) is 8.42 Å². The van der Waals surface area contributed by atoms with Gasteiger partial charge in [0.1, 0.15) is 4.33 Å². The van der Waals surface area contributed by atoms with Gasteiger partial charge in [0.2, 0.25) is 0 Å². The van der Waals surface area contributed by atoms with Crippen LogP contribution >= 0.6 is 23.2 Å². The fourth-order valence-electron chi connectivity index (χ4n) is 2.44. The van der Waals surface area contributed by atoms with Gasteiger partial charge in [0.25, 0.3) is 10.1 Å². The van der Waals surface area contributed by atoms with Crippen molar-refractivity contribution in [3.63, 3.8) is 0 Å². The topological polar surface area (TPSA) is 54.4 Å². The summed E-state index contributed by atoms with van der Waals surface area (Å²) in [6.07, 6.45) is 1.63. The minimum atomic E-state index is -4.12. The first kappa shape index (κ1) is 15.1. The Labute approximate surface area is 123 Å². The maximum atomic E-state index is 10.9. The van der Waals surface area contributed by atoms with Crippen LogP contribution in [0.3, 0.4) is 0 Å². The van der Waals surface area contributed by atoms with Crippen molar-refractivity contribution < 1.29 is 13.0 Å². The highest BCUT2D eigenvalue weighted by molar-refractivity contribution is 7.85. The fourth-order valence-corrected chi connectivity index (χ4v) is 3.84. The highest BCUT2D eigenvalue weighted by atomic mass is 35.5. The average Bonchev–Trinajstić information content (AvgIpc) is 2.66. The molecule has 2 rings (SSSR count). The van der Waals surface area contributed by atoms with E-state index in [0.717, 1.165) is 18.4 Å². The highest BCUT2D eigenvalue weighted by Crippen LogP contribution is 2.70. The van der Waals surface area contributed by atoms with E-state index < -0.39 is 14.5 Å². The van der Waals surface area contributed by atoms with E-state index >= 15 is 0 Å². The van der Waals surface area contributed by atoms with Gasteiger partial charge < -0.3 is 0 Å². The lowest BCUT2D eigenvalue weighted by Crippen LogP contribution is -1.98. The molecule has 0 radical (unpaired) electrons. The molecule has 106 valence electrons. The van der Waals surface area contributed by atoms with Gasteiger partial charge in [-0.25, -0.2) is 0 Å². The van der Waals surface area contributed by atoms with Crippen LogP contribution in [0.4, 0.5) is 0 Å². The van der Waals surface area contributed by atoms with E-state index in [1.165, 1.54) is 12.1 Å². The molecule has 0 aromatic heterocycles. The first-order chi connectivity index (χ1) is 8.57. The summed E-state index contributed by atoms with van der Waals surface area (Å²) in [5.74, 6) is 0.240. The maximum Gasteiger partial charge on any atom is 0.294 e. The van der Waals surface area contributed by atoms with Crippen molar-refractivity contribution in [1.29, 1.82) is 0 Å². The Hall–Kier alpha value is -0.290. The third-order valence-electron chi connectivity index (χ3n) is 4.03. The van der Waals surface area contributed by atoms with Crippen LogP contribution in [0.2, 0.25) is 0 Å². The molecule has 1 aromatic rings. The molecule has 0 amide bonds. The predicted molar refractivity (Wildman–Crippen MR) is 76.3 cm³/mol. The maximum absolute atomic E-state index is 10.9. The van der Waals surface area contributed by atoms with Crippen LogP contribution in [-0.4, -0.2) is 17.3 Å². The first-order valence-electron chi connectivity index (χ1n) is 6.01. The molecule has 0 spiro atoms. The van der Waals surface area contributed by atoms with Crippen molar-refractivity contribution in [1.82, 2.24) is 0 Å². The number of rotatable bonds is 4. The molecule has 19 heavy (non-hydrogen) atoms. The number of benzene rings is 1. The molecule has 0 aliphatic heterocycles. The standard InChI is InChI=1S/C13H16Cl2O3S/c1-12(2)11(13(12,14)15)8-5-9-3-6-10(7-4-9)19(16,17)18/h3-4,6-7,11H,5,8H2,1-2H3,(H,16,17,18). The number of alkyl halides is 2. The van der Waals surface area contributed by atoms with E-state index in [-0.39, 0.29) is 16.2 Å². The van der Waals surface area contributed by atoms with Gasteiger partial charge in [-0.05, 0) is 30.5 Å². The Balaban J connectivity index is 1.99. The van der Waals surface area contributed by atoms with Crippen LogP contribution in [0.15, 0.2) is 29.2 Å².